The van der Waals surface area contributed by atoms with Crippen molar-refractivity contribution in [1.29, 1.82) is 0 Å². The second kappa shape index (κ2) is 5.45. The Morgan fingerprint density at radius 3 is 1.62 bits per heavy atom. The Bertz CT molecular complexity index is 805. The zero-order valence-electron chi connectivity index (χ0n) is 10.4. The molecule has 2 aromatic carbocycles. The van der Waals surface area contributed by atoms with Gasteiger partial charge in [-0.25, -0.2) is 0 Å². The first-order chi connectivity index (χ1) is 9.69. The first-order valence-corrected chi connectivity index (χ1v) is 8.38. The molecule has 0 heterocycles. The highest BCUT2D eigenvalue weighted by Gasteiger charge is 2.26. The van der Waals surface area contributed by atoms with Gasteiger partial charge in [-0.05, 0) is 24.3 Å². The van der Waals surface area contributed by atoms with Crippen molar-refractivity contribution in [2.45, 2.75) is 9.79 Å². The molecule has 0 atom stereocenters. The first-order valence-electron chi connectivity index (χ1n) is 5.50. The number of para-hydroxylation sites is 2. The van der Waals surface area contributed by atoms with Crippen LogP contribution in [0.25, 0.3) is 0 Å². The molecule has 0 unspecified atom stereocenters. The zero-order chi connectivity index (χ0) is 15.7. The minimum Gasteiger partial charge on any atom is -0.454 e. The maximum Gasteiger partial charge on any atom is 0.298 e. The molecule has 0 aliphatic carbocycles. The van der Waals surface area contributed by atoms with Crippen LogP contribution in [0.3, 0.4) is 0 Å². The first kappa shape index (κ1) is 15.4. The fourth-order valence-electron chi connectivity index (χ4n) is 1.61. The molecule has 7 nitrogen and oxygen atoms in total. The molecule has 0 radical (unpaired) electrons. The van der Waals surface area contributed by atoms with Gasteiger partial charge in [-0.2, -0.15) is 16.8 Å². The predicted octanol–water partition coefficient (Wildman–Crippen LogP) is 1.97. The standard InChI is InChI=1S/C12H10O7S2/c13-20(14,15)10-7-4-8-11(21(16,17)18)12(10)19-9-5-2-1-3-6-9/h1-8H,(H,13,14,15)(H,16,17,18). The normalized spacial score (nSPS) is 12.1. The van der Waals surface area contributed by atoms with Gasteiger partial charge in [0.15, 0.2) is 5.75 Å². The van der Waals surface area contributed by atoms with Crippen molar-refractivity contribution < 1.29 is 30.7 Å². The van der Waals surface area contributed by atoms with Crippen molar-refractivity contribution in [3.05, 3.63) is 48.5 Å². The van der Waals surface area contributed by atoms with Gasteiger partial charge in [0.05, 0.1) is 0 Å². The van der Waals surface area contributed by atoms with Gasteiger partial charge in [0.1, 0.15) is 15.5 Å². The highest BCUT2D eigenvalue weighted by atomic mass is 32.2. The minimum atomic E-state index is -4.74. The van der Waals surface area contributed by atoms with E-state index >= 15 is 0 Å². The van der Waals surface area contributed by atoms with Crippen molar-refractivity contribution >= 4 is 20.2 Å². The number of hydrogen-bond acceptors (Lipinski definition) is 5. The van der Waals surface area contributed by atoms with Gasteiger partial charge in [0.2, 0.25) is 0 Å². The number of benzene rings is 2. The molecule has 9 heteroatoms. The van der Waals surface area contributed by atoms with Gasteiger partial charge in [-0.15, -0.1) is 0 Å². The predicted molar refractivity (Wildman–Crippen MR) is 72.6 cm³/mol. The zero-order valence-corrected chi connectivity index (χ0v) is 12.0. The summed E-state index contributed by atoms with van der Waals surface area (Å²) in [5.74, 6) is -0.535. The molecule has 2 N–H and O–H groups in total. The number of rotatable bonds is 4. The van der Waals surface area contributed by atoms with Crippen molar-refractivity contribution in [3.8, 4) is 11.5 Å². The fourth-order valence-corrected chi connectivity index (χ4v) is 2.95. The third-order valence-electron chi connectivity index (χ3n) is 2.46. The molecule has 2 aromatic rings. The summed E-state index contributed by atoms with van der Waals surface area (Å²) in [6.45, 7) is 0. The van der Waals surface area contributed by atoms with Crippen LogP contribution in [0.2, 0.25) is 0 Å². The fraction of sp³-hybridized carbons (Fsp3) is 0. The topological polar surface area (TPSA) is 118 Å². The van der Waals surface area contributed by atoms with E-state index in [0.29, 0.717) is 0 Å². The van der Waals surface area contributed by atoms with E-state index in [1.165, 1.54) is 12.1 Å². The molecular formula is C12H10O7S2. The van der Waals surface area contributed by atoms with Gasteiger partial charge in [0.25, 0.3) is 20.2 Å². The van der Waals surface area contributed by atoms with Gasteiger partial charge < -0.3 is 4.74 Å². The molecule has 21 heavy (non-hydrogen) atoms. The molecule has 0 fully saturated rings. The minimum absolute atomic E-state index is 0.138. The average molecular weight is 330 g/mol. The summed E-state index contributed by atoms with van der Waals surface area (Å²) in [5.41, 5.74) is 0. The lowest BCUT2D eigenvalue weighted by atomic mass is 10.3. The smallest absolute Gasteiger partial charge is 0.298 e. The lowest BCUT2D eigenvalue weighted by Crippen LogP contribution is -2.07. The van der Waals surface area contributed by atoms with Crippen LogP contribution in [-0.2, 0) is 20.2 Å². The molecule has 0 aliphatic rings. The van der Waals surface area contributed by atoms with Crippen molar-refractivity contribution in [2.75, 3.05) is 0 Å². The molecule has 0 spiro atoms. The van der Waals surface area contributed by atoms with Crippen LogP contribution in [-0.4, -0.2) is 25.9 Å². The Kier molecular flexibility index (Phi) is 4.01. The second-order valence-electron chi connectivity index (χ2n) is 3.95. The number of ether oxygens (including phenoxy) is 1. The maximum absolute atomic E-state index is 11.3. The van der Waals surface area contributed by atoms with Gasteiger partial charge in [-0.1, -0.05) is 24.3 Å². The lowest BCUT2D eigenvalue weighted by Gasteiger charge is -2.12. The Balaban J connectivity index is 2.71. The van der Waals surface area contributed by atoms with Crippen LogP contribution in [0.5, 0.6) is 11.5 Å². The van der Waals surface area contributed by atoms with E-state index in [9.17, 15) is 16.8 Å². The second-order valence-corrected chi connectivity index (χ2v) is 6.73. The van der Waals surface area contributed by atoms with Crippen LogP contribution in [0.15, 0.2) is 58.3 Å². The maximum atomic E-state index is 11.3. The van der Waals surface area contributed by atoms with Crippen LogP contribution in [0, 0.1) is 0 Å². The Morgan fingerprint density at radius 2 is 1.19 bits per heavy atom. The Labute approximate surface area is 121 Å². The largest absolute Gasteiger partial charge is 0.454 e. The summed E-state index contributed by atoms with van der Waals surface area (Å²) in [5, 5.41) is 0. The number of hydrogen-bond donors (Lipinski definition) is 2. The van der Waals surface area contributed by atoms with E-state index in [-0.39, 0.29) is 5.75 Å². The van der Waals surface area contributed by atoms with Crippen LogP contribution in [0.4, 0.5) is 0 Å². The third kappa shape index (κ3) is 3.58. The molecule has 112 valence electrons. The summed E-state index contributed by atoms with van der Waals surface area (Å²) in [6, 6.07) is 10.7. The van der Waals surface area contributed by atoms with Crippen LogP contribution in [0.1, 0.15) is 0 Å². The molecule has 0 bridgehead atoms. The Hall–Kier alpha value is -1.94. The SMILES string of the molecule is O=S(=O)(O)c1cccc(S(=O)(=O)O)c1Oc1ccccc1. The molecule has 0 saturated carbocycles. The molecule has 0 aliphatic heterocycles. The van der Waals surface area contributed by atoms with Gasteiger partial charge >= 0.3 is 0 Å². The summed E-state index contributed by atoms with van der Waals surface area (Å²) < 4.78 is 68.8. The van der Waals surface area contributed by atoms with E-state index in [2.05, 4.69) is 0 Å². The summed E-state index contributed by atoms with van der Waals surface area (Å²) in [4.78, 5) is -1.53. The lowest BCUT2D eigenvalue weighted by molar-refractivity contribution is 0.431. The molecular weight excluding hydrogens is 320 g/mol. The van der Waals surface area contributed by atoms with Crippen molar-refractivity contribution in [2.24, 2.45) is 0 Å². The van der Waals surface area contributed by atoms with Crippen molar-refractivity contribution in [1.82, 2.24) is 0 Å². The van der Waals surface area contributed by atoms with Gasteiger partial charge in [-0.3, -0.25) is 9.11 Å². The summed E-state index contributed by atoms with van der Waals surface area (Å²) in [6.07, 6.45) is 0. The van der Waals surface area contributed by atoms with Gasteiger partial charge in [0, 0.05) is 0 Å². The molecule has 0 amide bonds. The summed E-state index contributed by atoms with van der Waals surface area (Å²) in [7, 11) is -9.47. The van der Waals surface area contributed by atoms with Crippen LogP contribution >= 0.6 is 0 Å². The highest BCUT2D eigenvalue weighted by Crippen LogP contribution is 2.34. The van der Waals surface area contributed by atoms with E-state index < -0.39 is 35.8 Å². The van der Waals surface area contributed by atoms with E-state index in [1.807, 2.05) is 0 Å². The Morgan fingerprint density at radius 1 is 0.714 bits per heavy atom. The monoisotopic (exact) mass is 330 g/mol. The van der Waals surface area contributed by atoms with E-state index in [1.54, 1.807) is 18.2 Å². The molecule has 0 aromatic heterocycles. The molecule has 0 saturated heterocycles. The summed E-state index contributed by atoms with van der Waals surface area (Å²) >= 11 is 0. The third-order valence-corrected chi connectivity index (χ3v) is 4.22. The van der Waals surface area contributed by atoms with Crippen molar-refractivity contribution in [3.63, 3.8) is 0 Å². The van der Waals surface area contributed by atoms with Crippen LogP contribution < -0.4 is 4.74 Å². The highest BCUT2D eigenvalue weighted by molar-refractivity contribution is 7.86. The molecule has 2 rings (SSSR count). The van der Waals surface area contributed by atoms with E-state index in [4.69, 9.17) is 13.8 Å². The average Bonchev–Trinajstić information content (AvgIpc) is 2.37. The van der Waals surface area contributed by atoms with E-state index in [0.717, 1.165) is 18.2 Å². The quantitative estimate of drug-likeness (QED) is 0.823.